The number of benzene rings is 1. The molecule has 2 aromatic rings. The summed E-state index contributed by atoms with van der Waals surface area (Å²) in [4.78, 5) is 28.0. The second-order valence-corrected chi connectivity index (χ2v) is 7.06. The first-order valence-corrected chi connectivity index (χ1v) is 9.60. The van der Waals surface area contributed by atoms with Crippen LogP contribution in [-0.2, 0) is 11.0 Å². The van der Waals surface area contributed by atoms with Gasteiger partial charge in [-0.25, -0.2) is 0 Å². The van der Waals surface area contributed by atoms with Crippen LogP contribution in [0.3, 0.4) is 0 Å². The average molecular weight is 434 g/mol. The number of alkyl halides is 3. The number of hydrogen-bond acceptors (Lipinski definition) is 5. The van der Waals surface area contributed by atoms with Crippen molar-refractivity contribution >= 4 is 11.8 Å². The third-order valence-corrected chi connectivity index (χ3v) is 4.66. The fourth-order valence-electron chi connectivity index (χ4n) is 3.05. The van der Waals surface area contributed by atoms with Crippen molar-refractivity contribution in [3.05, 3.63) is 52.9 Å². The molecule has 0 bridgehead atoms. The lowest BCUT2D eigenvalue weighted by Crippen LogP contribution is -2.51. The van der Waals surface area contributed by atoms with Crippen LogP contribution in [0.2, 0.25) is 0 Å². The molecule has 3 rings (SSSR count). The summed E-state index contributed by atoms with van der Waals surface area (Å²) < 4.78 is 43.1. The number of hydrogen-bond donors (Lipinski definition) is 1. The highest BCUT2D eigenvalue weighted by atomic mass is 19.4. The topological polar surface area (TPSA) is 78.7 Å². The Bertz CT molecular complexity index is 999. The van der Waals surface area contributed by atoms with Gasteiger partial charge in [0.1, 0.15) is 0 Å². The molecule has 7 nitrogen and oxygen atoms in total. The van der Waals surface area contributed by atoms with E-state index in [9.17, 15) is 22.8 Å². The largest absolute Gasteiger partial charge is 0.416 e. The lowest BCUT2D eigenvalue weighted by molar-refractivity contribution is -0.137. The van der Waals surface area contributed by atoms with Gasteiger partial charge >= 0.3 is 6.18 Å². The molecule has 0 spiro atoms. The Morgan fingerprint density at radius 2 is 1.94 bits per heavy atom. The fourth-order valence-corrected chi connectivity index (χ4v) is 3.05. The molecule has 31 heavy (non-hydrogen) atoms. The molecule has 0 aliphatic carbocycles. The summed E-state index contributed by atoms with van der Waals surface area (Å²) in [5.74, 6) is 4.99. The normalized spacial score (nSPS) is 14.6. The third-order valence-electron chi connectivity index (χ3n) is 4.66. The van der Waals surface area contributed by atoms with Crippen LogP contribution in [0.15, 0.2) is 34.9 Å². The van der Waals surface area contributed by atoms with Gasteiger partial charge in [-0.1, -0.05) is 23.1 Å². The van der Waals surface area contributed by atoms with Crippen molar-refractivity contribution in [2.45, 2.75) is 13.1 Å². The second kappa shape index (κ2) is 9.66. The van der Waals surface area contributed by atoms with Gasteiger partial charge in [0.05, 0.1) is 24.3 Å². The van der Waals surface area contributed by atoms with Crippen LogP contribution in [-0.4, -0.2) is 66.0 Å². The van der Waals surface area contributed by atoms with Crippen LogP contribution in [0.25, 0.3) is 0 Å². The van der Waals surface area contributed by atoms with Crippen LogP contribution in [0.1, 0.15) is 27.4 Å². The number of aromatic nitrogens is 1. The molecule has 2 heterocycles. The summed E-state index contributed by atoms with van der Waals surface area (Å²) in [6.07, 6.45) is -4.42. The number of piperazine rings is 1. The Kier molecular flexibility index (Phi) is 6.97. The van der Waals surface area contributed by atoms with Crippen molar-refractivity contribution in [3.63, 3.8) is 0 Å². The highest BCUT2D eigenvalue weighted by Gasteiger charge is 2.30. The van der Waals surface area contributed by atoms with Gasteiger partial charge in [0.2, 0.25) is 11.7 Å². The smallest absolute Gasteiger partial charge is 0.351 e. The molecule has 1 aromatic carbocycles. The number of rotatable bonds is 4. The number of halogens is 3. The first-order chi connectivity index (χ1) is 14.7. The predicted molar refractivity (Wildman–Crippen MR) is 105 cm³/mol. The van der Waals surface area contributed by atoms with E-state index in [1.54, 1.807) is 17.9 Å². The van der Waals surface area contributed by atoms with E-state index in [-0.39, 0.29) is 36.2 Å². The molecule has 1 aromatic heterocycles. The zero-order chi connectivity index (χ0) is 22.4. The van der Waals surface area contributed by atoms with Crippen LogP contribution >= 0.6 is 0 Å². The number of aryl methyl sites for hydroxylation is 1. The van der Waals surface area contributed by atoms with Gasteiger partial charge in [0, 0.05) is 37.8 Å². The summed E-state index contributed by atoms with van der Waals surface area (Å²) in [5.41, 5.74) is 0.0982. The minimum atomic E-state index is -4.42. The fraction of sp³-hybridized carbons (Fsp3) is 0.381. The highest BCUT2D eigenvalue weighted by molar-refractivity contribution is 5.91. The number of carbonyl (C=O) groups is 2. The van der Waals surface area contributed by atoms with Crippen molar-refractivity contribution in [1.29, 1.82) is 0 Å². The van der Waals surface area contributed by atoms with Crippen molar-refractivity contribution in [1.82, 2.24) is 20.3 Å². The lowest BCUT2D eigenvalue weighted by atomic mass is 10.1. The van der Waals surface area contributed by atoms with E-state index in [4.69, 9.17) is 4.52 Å². The molecule has 1 N–H and O–H groups in total. The molecule has 0 saturated carbocycles. The molecule has 164 valence electrons. The highest BCUT2D eigenvalue weighted by Crippen LogP contribution is 2.29. The van der Waals surface area contributed by atoms with Gasteiger partial charge in [0.25, 0.3) is 5.91 Å². The molecular formula is C21H21F3N4O3. The second-order valence-electron chi connectivity index (χ2n) is 7.06. The monoisotopic (exact) mass is 434 g/mol. The molecule has 1 saturated heterocycles. The molecule has 10 heteroatoms. The van der Waals surface area contributed by atoms with Crippen LogP contribution in [0, 0.1) is 18.8 Å². The van der Waals surface area contributed by atoms with Gasteiger partial charge in [0.15, 0.2) is 0 Å². The predicted octanol–water partition coefficient (Wildman–Crippen LogP) is 1.93. The standard InChI is InChI=1S/C21H21F3N4O3/c1-15-12-18(31-26-15)20(30)28-10-8-27(9-11-28)14-19(29)25-7-3-5-16-4-2-6-17(13-16)21(22,23)24/h2,4,6,12-13H,7-11,14H2,1H3,(H,25,29). The van der Waals surface area contributed by atoms with E-state index in [1.165, 1.54) is 12.1 Å². The SMILES string of the molecule is Cc1cc(C(=O)N2CCN(CC(=O)NCC#Cc3cccc(C(F)(F)F)c3)CC2)on1. The average Bonchev–Trinajstić information content (AvgIpc) is 3.17. The minimum Gasteiger partial charge on any atom is -0.351 e. The lowest BCUT2D eigenvalue weighted by Gasteiger charge is -2.33. The molecule has 0 radical (unpaired) electrons. The summed E-state index contributed by atoms with van der Waals surface area (Å²) in [6, 6.07) is 6.30. The van der Waals surface area contributed by atoms with E-state index in [2.05, 4.69) is 22.3 Å². The molecule has 0 unspecified atom stereocenters. The maximum Gasteiger partial charge on any atom is 0.416 e. The number of carbonyl (C=O) groups excluding carboxylic acids is 2. The third kappa shape index (κ3) is 6.33. The van der Waals surface area contributed by atoms with Gasteiger partial charge in [-0.3, -0.25) is 14.5 Å². The Morgan fingerprint density at radius 3 is 2.58 bits per heavy atom. The van der Waals surface area contributed by atoms with E-state index in [0.717, 1.165) is 12.1 Å². The first-order valence-electron chi connectivity index (χ1n) is 9.60. The maximum atomic E-state index is 12.7. The van der Waals surface area contributed by atoms with Gasteiger partial charge in [-0.05, 0) is 25.1 Å². The quantitative estimate of drug-likeness (QED) is 0.744. The van der Waals surface area contributed by atoms with E-state index < -0.39 is 11.7 Å². The van der Waals surface area contributed by atoms with Crippen LogP contribution in [0.5, 0.6) is 0 Å². The summed E-state index contributed by atoms with van der Waals surface area (Å²) in [6.45, 7) is 3.89. The first kappa shape index (κ1) is 22.4. The van der Waals surface area contributed by atoms with Crippen LogP contribution < -0.4 is 5.32 Å². The zero-order valence-electron chi connectivity index (χ0n) is 16.8. The zero-order valence-corrected chi connectivity index (χ0v) is 16.8. The van der Waals surface area contributed by atoms with Crippen molar-refractivity contribution in [3.8, 4) is 11.8 Å². The number of nitrogens with zero attached hydrogens (tertiary/aromatic N) is 3. The molecule has 1 fully saturated rings. The molecule has 1 aliphatic rings. The Labute approximate surface area is 177 Å². The number of amides is 2. The molecule has 1 aliphatic heterocycles. The van der Waals surface area contributed by atoms with E-state index in [1.807, 2.05) is 4.90 Å². The maximum absolute atomic E-state index is 12.7. The Hall–Kier alpha value is -3.32. The van der Waals surface area contributed by atoms with E-state index >= 15 is 0 Å². The molecule has 2 amide bonds. The van der Waals surface area contributed by atoms with Crippen molar-refractivity contribution in [2.75, 3.05) is 39.3 Å². The Balaban J connectivity index is 1.41. The van der Waals surface area contributed by atoms with Gasteiger partial charge in [-0.15, -0.1) is 0 Å². The minimum absolute atomic E-state index is 0.0262. The summed E-state index contributed by atoms with van der Waals surface area (Å²) in [5, 5.41) is 6.34. The van der Waals surface area contributed by atoms with Crippen molar-refractivity contribution < 1.29 is 27.3 Å². The van der Waals surface area contributed by atoms with Gasteiger partial charge < -0.3 is 14.7 Å². The number of nitrogens with one attached hydrogen (secondary N) is 1. The van der Waals surface area contributed by atoms with Gasteiger partial charge in [-0.2, -0.15) is 13.2 Å². The summed E-state index contributed by atoms with van der Waals surface area (Å²) in [7, 11) is 0. The van der Waals surface area contributed by atoms with E-state index in [0.29, 0.717) is 31.9 Å². The Morgan fingerprint density at radius 1 is 1.19 bits per heavy atom. The van der Waals surface area contributed by atoms with Crippen LogP contribution in [0.4, 0.5) is 13.2 Å². The molecule has 0 atom stereocenters. The van der Waals surface area contributed by atoms with Crippen molar-refractivity contribution in [2.24, 2.45) is 0 Å². The summed E-state index contributed by atoms with van der Waals surface area (Å²) >= 11 is 0. The molecular weight excluding hydrogens is 413 g/mol.